The zero-order valence-electron chi connectivity index (χ0n) is 12.7. The molecule has 6 heteroatoms. The predicted octanol–water partition coefficient (Wildman–Crippen LogP) is 1.10. The maximum absolute atomic E-state index is 11.6. The van der Waals surface area contributed by atoms with E-state index in [1.807, 2.05) is 14.1 Å². The summed E-state index contributed by atoms with van der Waals surface area (Å²) in [4.78, 5) is 24.9. The lowest BCUT2D eigenvalue weighted by Crippen LogP contribution is -2.46. The SMILES string of the molecule is CN(C)CCCC[C@H](NC(=O)OC(C)(C)C)C(N)=O. The van der Waals surface area contributed by atoms with Crippen LogP contribution in [0.25, 0.3) is 0 Å². The number of unbranched alkanes of at least 4 members (excludes halogenated alkanes) is 1. The highest BCUT2D eigenvalue weighted by molar-refractivity contribution is 5.84. The van der Waals surface area contributed by atoms with Crippen LogP contribution >= 0.6 is 0 Å². The van der Waals surface area contributed by atoms with Gasteiger partial charge in [-0.25, -0.2) is 4.79 Å². The number of nitrogens with two attached hydrogens (primary N) is 1. The maximum atomic E-state index is 11.6. The van der Waals surface area contributed by atoms with E-state index in [1.165, 1.54) is 0 Å². The van der Waals surface area contributed by atoms with Crippen molar-refractivity contribution in [3.63, 3.8) is 0 Å². The van der Waals surface area contributed by atoms with Crippen LogP contribution in [0.2, 0.25) is 0 Å². The first-order valence-corrected chi connectivity index (χ1v) is 6.55. The van der Waals surface area contributed by atoms with Crippen molar-refractivity contribution < 1.29 is 14.3 Å². The zero-order chi connectivity index (χ0) is 15.1. The van der Waals surface area contributed by atoms with Gasteiger partial charge in [-0.2, -0.15) is 0 Å². The van der Waals surface area contributed by atoms with Crippen molar-refractivity contribution in [2.75, 3.05) is 20.6 Å². The number of rotatable bonds is 7. The number of primary amides is 1. The molecule has 0 fully saturated rings. The molecular formula is C13H27N3O3. The smallest absolute Gasteiger partial charge is 0.408 e. The molecule has 3 N–H and O–H groups in total. The van der Waals surface area contributed by atoms with Gasteiger partial charge in [0.05, 0.1) is 0 Å². The van der Waals surface area contributed by atoms with Gasteiger partial charge in [0.15, 0.2) is 0 Å². The average molecular weight is 273 g/mol. The van der Waals surface area contributed by atoms with Crippen LogP contribution in [0.3, 0.4) is 0 Å². The van der Waals surface area contributed by atoms with E-state index in [2.05, 4.69) is 10.2 Å². The number of carbonyl (C=O) groups is 2. The van der Waals surface area contributed by atoms with Crippen LogP contribution in [0.15, 0.2) is 0 Å². The highest BCUT2D eigenvalue weighted by Crippen LogP contribution is 2.08. The maximum Gasteiger partial charge on any atom is 0.408 e. The molecule has 112 valence electrons. The van der Waals surface area contributed by atoms with Crippen LogP contribution in [0.5, 0.6) is 0 Å². The van der Waals surface area contributed by atoms with Crippen molar-refractivity contribution in [3.8, 4) is 0 Å². The second-order valence-corrected chi connectivity index (χ2v) is 5.90. The van der Waals surface area contributed by atoms with Crippen molar-refractivity contribution >= 4 is 12.0 Å². The Morgan fingerprint density at radius 1 is 1.26 bits per heavy atom. The number of hydrogen-bond acceptors (Lipinski definition) is 4. The van der Waals surface area contributed by atoms with Crippen LogP contribution < -0.4 is 11.1 Å². The number of alkyl carbamates (subject to hydrolysis) is 1. The lowest BCUT2D eigenvalue weighted by atomic mass is 10.1. The summed E-state index contributed by atoms with van der Waals surface area (Å²) in [5, 5.41) is 2.51. The third-order valence-electron chi connectivity index (χ3n) is 2.38. The fourth-order valence-electron chi connectivity index (χ4n) is 1.51. The number of nitrogens with one attached hydrogen (secondary N) is 1. The van der Waals surface area contributed by atoms with Crippen molar-refractivity contribution in [3.05, 3.63) is 0 Å². The molecular weight excluding hydrogens is 246 g/mol. The van der Waals surface area contributed by atoms with E-state index < -0.39 is 23.6 Å². The van der Waals surface area contributed by atoms with Gasteiger partial charge >= 0.3 is 6.09 Å². The average Bonchev–Trinajstić information content (AvgIpc) is 2.19. The van der Waals surface area contributed by atoms with Gasteiger partial charge in [-0.05, 0) is 60.7 Å². The topological polar surface area (TPSA) is 84.7 Å². The van der Waals surface area contributed by atoms with Gasteiger partial charge in [-0.3, -0.25) is 4.79 Å². The van der Waals surface area contributed by atoms with Gasteiger partial charge in [0.1, 0.15) is 11.6 Å². The first-order valence-electron chi connectivity index (χ1n) is 6.55. The van der Waals surface area contributed by atoms with Gasteiger partial charge in [0.2, 0.25) is 5.91 Å². The molecule has 0 aliphatic heterocycles. The molecule has 6 nitrogen and oxygen atoms in total. The van der Waals surface area contributed by atoms with Gasteiger partial charge in [0, 0.05) is 0 Å². The molecule has 0 radical (unpaired) electrons. The van der Waals surface area contributed by atoms with Gasteiger partial charge < -0.3 is 20.7 Å². The van der Waals surface area contributed by atoms with E-state index >= 15 is 0 Å². The summed E-state index contributed by atoms with van der Waals surface area (Å²) in [6, 6.07) is -0.669. The van der Waals surface area contributed by atoms with Gasteiger partial charge in [-0.15, -0.1) is 0 Å². The summed E-state index contributed by atoms with van der Waals surface area (Å²) in [5.74, 6) is -0.532. The zero-order valence-corrected chi connectivity index (χ0v) is 12.7. The Balaban J connectivity index is 4.12. The molecule has 0 saturated heterocycles. The number of carbonyl (C=O) groups excluding carboxylic acids is 2. The largest absolute Gasteiger partial charge is 0.444 e. The van der Waals surface area contributed by atoms with Crippen molar-refractivity contribution in [2.24, 2.45) is 5.73 Å². The van der Waals surface area contributed by atoms with Gasteiger partial charge in [0.25, 0.3) is 0 Å². The number of ether oxygens (including phenoxy) is 1. The quantitative estimate of drug-likeness (QED) is 0.680. The van der Waals surface area contributed by atoms with Crippen LogP contribution in [0.4, 0.5) is 4.79 Å². The lowest BCUT2D eigenvalue weighted by Gasteiger charge is -2.22. The van der Waals surface area contributed by atoms with Crippen LogP contribution in [-0.2, 0) is 9.53 Å². The van der Waals surface area contributed by atoms with E-state index in [0.29, 0.717) is 6.42 Å². The summed E-state index contributed by atoms with van der Waals surface area (Å²) in [5.41, 5.74) is 4.69. The third kappa shape index (κ3) is 10.3. The molecule has 0 aromatic heterocycles. The van der Waals surface area contributed by atoms with E-state index in [1.54, 1.807) is 20.8 Å². The molecule has 0 unspecified atom stereocenters. The Labute approximate surface area is 115 Å². The Kier molecular flexibility index (Phi) is 7.44. The normalized spacial score (nSPS) is 13.2. The predicted molar refractivity (Wildman–Crippen MR) is 74.8 cm³/mol. The van der Waals surface area contributed by atoms with E-state index in [9.17, 15) is 9.59 Å². The van der Waals surface area contributed by atoms with Crippen molar-refractivity contribution in [1.29, 1.82) is 0 Å². The molecule has 2 amide bonds. The Hall–Kier alpha value is -1.30. The number of amides is 2. The summed E-state index contributed by atoms with van der Waals surface area (Å²) in [6.45, 7) is 6.24. The lowest BCUT2D eigenvalue weighted by molar-refractivity contribution is -0.120. The fourth-order valence-corrected chi connectivity index (χ4v) is 1.51. The Morgan fingerprint density at radius 2 is 1.84 bits per heavy atom. The summed E-state index contributed by atoms with van der Waals surface area (Å²) in [7, 11) is 3.98. The fraction of sp³-hybridized carbons (Fsp3) is 0.846. The molecule has 19 heavy (non-hydrogen) atoms. The van der Waals surface area contributed by atoms with E-state index in [0.717, 1.165) is 19.4 Å². The molecule has 0 aliphatic rings. The Bertz CT molecular complexity index is 298. The summed E-state index contributed by atoms with van der Waals surface area (Å²) in [6.07, 6.45) is 1.69. The van der Waals surface area contributed by atoms with Crippen LogP contribution in [-0.4, -0.2) is 49.2 Å². The Morgan fingerprint density at radius 3 is 2.26 bits per heavy atom. The highest BCUT2D eigenvalue weighted by atomic mass is 16.6. The molecule has 0 saturated carbocycles. The summed E-state index contributed by atoms with van der Waals surface area (Å²) >= 11 is 0. The first kappa shape index (κ1) is 17.7. The van der Waals surface area contributed by atoms with Gasteiger partial charge in [-0.1, -0.05) is 0 Å². The minimum Gasteiger partial charge on any atom is -0.444 e. The minimum atomic E-state index is -0.669. The highest BCUT2D eigenvalue weighted by Gasteiger charge is 2.22. The molecule has 0 aromatic carbocycles. The van der Waals surface area contributed by atoms with Crippen LogP contribution in [0.1, 0.15) is 40.0 Å². The molecule has 0 heterocycles. The molecule has 1 atom stereocenters. The molecule has 0 aromatic rings. The minimum absolute atomic E-state index is 0.530. The molecule has 0 spiro atoms. The van der Waals surface area contributed by atoms with E-state index in [4.69, 9.17) is 10.5 Å². The van der Waals surface area contributed by atoms with Crippen molar-refractivity contribution in [2.45, 2.75) is 51.7 Å². The van der Waals surface area contributed by atoms with E-state index in [-0.39, 0.29) is 0 Å². The number of nitrogens with zero attached hydrogens (tertiary/aromatic N) is 1. The molecule has 0 aliphatic carbocycles. The second-order valence-electron chi connectivity index (χ2n) is 5.90. The standard InChI is InChI=1S/C13H27N3O3/c1-13(2,3)19-12(18)15-10(11(14)17)8-6-7-9-16(4)5/h10H,6-9H2,1-5H3,(H2,14,17)(H,15,18)/t10-/m0/s1. The number of hydrogen-bond donors (Lipinski definition) is 2. The summed E-state index contributed by atoms with van der Waals surface area (Å²) < 4.78 is 5.10. The van der Waals surface area contributed by atoms with Crippen molar-refractivity contribution in [1.82, 2.24) is 10.2 Å². The second kappa shape index (κ2) is 7.99. The molecule has 0 rings (SSSR count). The monoisotopic (exact) mass is 273 g/mol. The van der Waals surface area contributed by atoms with Crippen LogP contribution in [0, 0.1) is 0 Å². The molecule has 0 bridgehead atoms. The third-order valence-corrected chi connectivity index (χ3v) is 2.38. The first-order chi connectivity index (χ1) is 8.61.